The minimum Gasteiger partial charge on any atom is -0.323 e. The molecular weight excluding hydrogens is 228 g/mol. The standard InChI is InChI=1S/C13H16N4O/c1-3-10(2)13(18)16-11-6-4-7-14-12(11)17-9-5-8-15-17/h4-10H,3H2,1-2H3,(H,16,18)/t10-/m0/s1. The molecule has 5 heteroatoms. The van der Waals surface area contributed by atoms with Crippen LogP contribution < -0.4 is 5.32 Å². The molecule has 0 spiro atoms. The van der Waals surface area contributed by atoms with Crippen molar-refractivity contribution in [2.75, 3.05) is 5.32 Å². The van der Waals surface area contributed by atoms with Gasteiger partial charge in [-0.25, -0.2) is 9.67 Å². The Morgan fingerprint density at radius 3 is 2.94 bits per heavy atom. The van der Waals surface area contributed by atoms with E-state index in [1.807, 2.05) is 26.0 Å². The Bertz CT molecular complexity index is 522. The van der Waals surface area contributed by atoms with E-state index < -0.39 is 0 Å². The number of carbonyl (C=O) groups excluding carboxylic acids is 1. The van der Waals surface area contributed by atoms with Gasteiger partial charge in [0.1, 0.15) is 0 Å². The van der Waals surface area contributed by atoms with E-state index in [1.54, 1.807) is 29.3 Å². The monoisotopic (exact) mass is 244 g/mol. The van der Waals surface area contributed by atoms with Gasteiger partial charge < -0.3 is 5.32 Å². The largest absolute Gasteiger partial charge is 0.323 e. The lowest BCUT2D eigenvalue weighted by Crippen LogP contribution is -2.21. The lowest BCUT2D eigenvalue weighted by atomic mass is 10.1. The summed E-state index contributed by atoms with van der Waals surface area (Å²) in [7, 11) is 0. The van der Waals surface area contributed by atoms with Crippen molar-refractivity contribution in [2.24, 2.45) is 5.92 Å². The van der Waals surface area contributed by atoms with Crippen LogP contribution in [0.15, 0.2) is 36.8 Å². The summed E-state index contributed by atoms with van der Waals surface area (Å²) in [5.41, 5.74) is 0.673. The number of hydrogen-bond acceptors (Lipinski definition) is 3. The molecule has 0 saturated carbocycles. The molecule has 2 rings (SSSR count). The van der Waals surface area contributed by atoms with Crippen molar-refractivity contribution in [3.63, 3.8) is 0 Å². The maximum atomic E-state index is 11.9. The van der Waals surface area contributed by atoms with Crippen molar-refractivity contribution in [1.29, 1.82) is 0 Å². The summed E-state index contributed by atoms with van der Waals surface area (Å²) in [6.45, 7) is 3.89. The van der Waals surface area contributed by atoms with Gasteiger partial charge >= 0.3 is 0 Å². The molecule has 1 atom stereocenters. The summed E-state index contributed by atoms with van der Waals surface area (Å²) in [5.74, 6) is 0.605. The second-order valence-corrected chi connectivity index (χ2v) is 4.12. The molecule has 94 valence electrons. The van der Waals surface area contributed by atoms with Gasteiger partial charge in [0, 0.05) is 24.5 Å². The molecule has 0 fully saturated rings. The topological polar surface area (TPSA) is 59.8 Å². The summed E-state index contributed by atoms with van der Waals surface area (Å²) in [4.78, 5) is 16.1. The first kappa shape index (κ1) is 12.3. The fourth-order valence-corrected chi connectivity index (χ4v) is 1.51. The van der Waals surface area contributed by atoms with E-state index >= 15 is 0 Å². The first-order valence-electron chi connectivity index (χ1n) is 5.98. The van der Waals surface area contributed by atoms with E-state index in [4.69, 9.17) is 0 Å². The highest BCUT2D eigenvalue weighted by molar-refractivity contribution is 5.93. The van der Waals surface area contributed by atoms with Gasteiger partial charge in [0.2, 0.25) is 5.91 Å². The number of aromatic nitrogens is 3. The zero-order chi connectivity index (χ0) is 13.0. The zero-order valence-corrected chi connectivity index (χ0v) is 10.5. The number of nitrogens with one attached hydrogen (secondary N) is 1. The Morgan fingerprint density at radius 2 is 2.28 bits per heavy atom. The van der Waals surface area contributed by atoms with Gasteiger partial charge in [-0.05, 0) is 24.6 Å². The average Bonchev–Trinajstić information content (AvgIpc) is 2.92. The number of nitrogens with zero attached hydrogens (tertiary/aromatic N) is 3. The van der Waals surface area contributed by atoms with Crippen LogP contribution in [0.2, 0.25) is 0 Å². The summed E-state index contributed by atoms with van der Waals surface area (Å²) in [6.07, 6.45) is 5.95. The van der Waals surface area contributed by atoms with Crippen LogP contribution in [0.4, 0.5) is 5.69 Å². The van der Waals surface area contributed by atoms with Crippen LogP contribution in [0.1, 0.15) is 20.3 Å². The molecule has 0 radical (unpaired) electrons. The number of anilines is 1. The lowest BCUT2D eigenvalue weighted by Gasteiger charge is -2.12. The van der Waals surface area contributed by atoms with E-state index in [0.29, 0.717) is 11.5 Å². The SMILES string of the molecule is CC[C@H](C)C(=O)Nc1cccnc1-n1cccn1. The second-order valence-electron chi connectivity index (χ2n) is 4.12. The first-order valence-corrected chi connectivity index (χ1v) is 5.98. The predicted octanol–water partition coefficient (Wildman–Crippen LogP) is 2.25. The molecule has 18 heavy (non-hydrogen) atoms. The molecule has 5 nitrogen and oxygen atoms in total. The fourth-order valence-electron chi connectivity index (χ4n) is 1.51. The summed E-state index contributed by atoms with van der Waals surface area (Å²) < 4.78 is 1.63. The molecule has 0 aliphatic rings. The van der Waals surface area contributed by atoms with E-state index in [-0.39, 0.29) is 11.8 Å². The van der Waals surface area contributed by atoms with Gasteiger partial charge in [0.05, 0.1) is 5.69 Å². The molecule has 0 aliphatic carbocycles. The zero-order valence-electron chi connectivity index (χ0n) is 10.5. The smallest absolute Gasteiger partial charge is 0.227 e. The van der Waals surface area contributed by atoms with Gasteiger partial charge in [0.25, 0.3) is 0 Å². The Labute approximate surface area is 106 Å². The summed E-state index contributed by atoms with van der Waals surface area (Å²) in [6, 6.07) is 5.43. The number of rotatable bonds is 4. The maximum absolute atomic E-state index is 11.9. The van der Waals surface area contributed by atoms with Crippen molar-refractivity contribution in [1.82, 2.24) is 14.8 Å². The van der Waals surface area contributed by atoms with Crippen molar-refractivity contribution in [3.05, 3.63) is 36.8 Å². The predicted molar refractivity (Wildman–Crippen MR) is 69.4 cm³/mol. The Balaban J connectivity index is 2.26. The van der Waals surface area contributed by atoms with E-state index in [1.165, 1.54) is 0 Å². The molecule has 2 aromatic heterocycles. The van der Waals surface area contributed by atoms with Gasteiger partial charge in [-0.15, -0.1) is 0 Å². The highest BCUT2D eigenvalue weighted by Crippen LogP contribution is 2.17. The third kappa shape index (κ3) is 2.56. The highest BCUT2D eigenvalue weighted by atomic mass is 16.1. The quantitative estimate of drug-likeness (QED) is 0.897. The Hall–Kier alpha value is -2.17. The van der Waals surface area contributed by atoms with Crippen LogP contribution in [0, 0.1) is 5.92 Å². The fraction of sp³-hybridized carbons (Fsp3) is 0.308. The molecule has 0 bridgehead atoms. The molecule has 0 aromatic carbocycles. The molecule has 1 N–H and O–H groups in total. The number of amides is 1. The second kappa shape index (κ2) is 5.44. The van der Waals surface area contributed by atoms with Gasteiger partial charge in [-0.2, -0.15) is 5.10 Å². The van der Waals surface area contributed by atoms with Crippen molar-refractivity contribution in [3.8, 4) is 5.82 Å². The van der Waals surface area contributed by atoms with Crippen LogP contribution in [0.5, 0.6) is 0 Å². The van der Waals surface area contributed by atoms with Crippen LogP contribution in [-0.2, 0) is 4.79 Å². The van der Waals surface area contributed by atoms with Crippen LogP contribution in [0.3, 0.4) is 0 Å². The highest BCUT2D eigenvalue weighted by Gasteiger charge is 2.13. The van der Waals surface area contributed by atoms with Crippen molar-refractivity contribution in [2.45, 2.75) is 20.3 Å². The first-order chi connectivity index (χ1) is 8.72. The van der Waals surface area contributed by atoms with E-state index in [9.17, 15) is 4.79 Å². The minimum absolute atomic E-state index is 0.00101. The number of hydrogen-bond donors (Lipinski definition) is 1. The van der Waals surface area contributed by atoms with E-state index in [0.717, 1.165) is 6.42 Å². The molecule has 2 heterocycles. The third-order valence-corrected chi connectivity index (χ3v) is 2.83. The maximum Gasteiger partial charge on any atom is 0.227 e. The Kier molecular flexibility index (Phi) is 3.72. The third-order valence-electron chi connectivity index (χ3n) is 2.83. The van der Waals surface area contributed by atoms with Gasteiger partial charge in [-0.3, -0.25) is 4.79 Å². The van der Waals surface area contributed by atoms with Crippen LogP contribution >= 0.6 is 0 Å². The summed E-state index contributed by atoms with van der Waals surface area (Å²) in [5, 5.41) is 7.01. The van der Waals surface area contributed by atoms with Gasteiger partial charge in [-0.1, -0.05) is 13.8 Å². The number of pyridine rings is 1. The van der Waals surface area contributed by atoms with Gasteiger partial charge in [0.15, 0.2) is 5.82 Å². The van der Waals surface area contributed by atoms with Crippen molar-refractivity contribution >= 4 is 11.6 Å². The summed E-state index contributed by atoms with van der Waals surface area (Å²) >= 11 is 0. The minimum atomic E-state index is -0.0179. The molecule has 2 aromatic rings. The Morgan fingerprint density at radius 1 is 1.44 bits per heavy atom. The van der Waals surface area contributed by atoms with Crippen molar-refractivity contribution < 1.29 is 4.79 Å². The molecule has 0 aliphatic heterocycles. The number of carbonyl (C=O) groups is 1. The van der Waals surface area contributed by atoms with E-state index in [2.05, 4.69) is 15.4 Å². The molecule has 0 saturated heterocycles. The molecule has 1 amide bonds. The molecule has 0 unspecified atom stereocenters. The average molecular weight is 244 g/mol. The molecular formula is C13H16N4O. The normalized spacial score (nSPS) is 12.1. The van der Waals surface area contributed by atoms with Crippen LogP contribution in [-0.4, -0.2) is 20.7 Å². The van der Waals surface area contributed by atoms with Crippen LogP contribution in [0.25, 0.3) is 5.82 Å². The lowest BCUT2D eigenvalue weighted by molar-refractivity contribution is -0.119.